The molecule has 0 fully saturated rings. The number of anilines is 1. The van der Waals surface area contributed by atoms with Crippen LogP contribution < -0.4 is 5.32 Å². The van der Waals surface area contributed by atoms with Gasteiger partial charge in [-0.2, -0.15) is 0 Å². The highest BCUT2D eigenvalue weighted by Gasteiger charge is 2.03. The van der Waals surface area contributed by atoms with Crippen LogP contribution >= 0.6 is 0 Å². The van der Waals surface area contributed by atoms with Crippen LogP contribution in [0.3, 0.4) is 0 Å². The van der Waals surface area contributed by atoms with Gasteiger partial charge in [0.05, 0.1) is 6.54 Å². The van der Waals surface area contributed by atoms with Gasteiger partial charge in [0.15, 0.2) is 0 Å². The molecule has 0 unspecified atom stereocenters. The Balaban J connectivity index is 2.59. The fourth-order valence-electron chi connectivity index (χ4n) is 1.63. The summed E-state index contributed by atoms with van der Waals surface area (Å²) in [6, 6.07) is 8.47. The molecule has 1 aromatic carbocycles. The molecule has 1 aromatic rings. The Hall–Kier alpha value is -1.42. The summed E-state index contributed by atoms with van der Waals surface area (Å²) in [6.07, 6.45) is 2.29. The summed E-state index contributed by atoms with van der Waals surface area (Å²) in [7, 11) is 0. The molecule has 0 aliphatic rings. The molecule has 1 N–H and O–H groups in total. The Bertz CT molecular complexity index is 402. The van der Waals surface area contributed by atoms with Crippen LogP contribution in [-0.2, 0) is 6.42 Å². The Morgan fingerprint density at radius 3 is 2.53 bits per heavy atom. The zero-order chi connectivity index (χ0) is 12.7. The molecule has 0 atom stereocenters. The van der Waals surface area contributed by atoms with Gasteiger partial charge in [-0.15, -0.1) is 0 Å². The minimum Gasteiger partial charge on any atom is -0.374 e. The predicted molar refractivity (Wildman–Crippen MR) is 76.2 cm³/mol. The van der Waals surface area contributed by atoms with Gasteiger partial charge in [-0.05, 0) is 38.8 Å². The van der Waals surface area contributed by atoms with E-state index in [0.29, 0.717) is 0 Å². The molecular formula is C16H23N. The van der Waals surface area contributed by atoms with E-state index < -0.39 is 0 Å². The first-order valence-electron chi connectivity index (χ1n) is 6.35. The zero-order valence-electron chi connectivity index (χ0n) is 11.4. The van der Waals surface area contributed by atoms with Crippen molar-refractivity contribution in [1.82, 2.24) is 0 Å². The Kier molecular flexibility index (Phi) is 5.10. The summed E-state index contributed by atoms with van der Waals surface area (Å²) in [5.74, 6) is 6.41. The third kappa shape index (κ3) is 5.45. The molecule has 0 aromatic heterocycles. The van der Waals surface area contributed by atoms with Crippen LogP contribution in [0.15, 0.2) is 24.3 Å². The molecular weight excluding hydrogens is 206 g/mol. The van der Waals surface area contributed by atoms with Crippen LogP contribution in [0.25, 0.3) is 0 Å². The van der Waals surface area contributed by atoms with E-state index in [-0.39, 0.29) is 5.41 Å². The molecule has 92 valence electrons. The van der Waals surface area contributed by atoms with E-state index in [0.717, 1.165) is 13.0 Å². The van der Waals surface area contributed by atoms with Crippen molar-refractivity contribution in [2.75, 3.05) is 11.9 Å². The van der Waals surface area contributed by atoms with E-state index >= 15 is 0 Å². The lowest BCUT2D eigenvalue weighted by atomic mass is 9.98. The molecule has 17 heavy (non-hydrogen) atoms. The normalized spacial score (nSPS) is 10.6. The van der Waals surface area contributed by atoms with Crippen molar-refractivity contribution in [3.8, 4) is 11.8 Å². The number of rotatable bonds is 4. The highest BCUT2D eigenvalue weighted by molar-refractivity contribution is 5.51. The average Bonchev–Trinajstić information content (AvgIpc) is 2.25. The fourth-order valence-corrected chi connectivity index (χ4v) is 1.63. The van der Waals surface area contributed by atoms with Crippen molar-refractivity contribution in [1.29, 1.82) is 0 Å². The standard InChI is InChI=1S/C16H23N/c1-5-9-14-10-6-7-11-15(14)17-13-8-12-16(2,3)4/h6-7,10-11,17H,5,9,13H2,1-4H3. The van der Waals surface area contributed by atoms with E-state index in [2.05, 4.69) is 69.1 Å². The van der Waals surface area contributed by atoms with Crippen LogP contribution in [0, 0.1) is 17.3 Å². The van der Waals surface area contributed by atoms with Crippen molar-refractivity contribution in [2.24, 2.45) is 5.41 Å². The fraction of sp³-hybridized carbons (Fsp3) is 0.500. The van der Waals surface area contributed by atoms with Crippen molar-refractivity contribution in [2.45, 2.75) is 40.5 Å². The molecule has 1 rings (SSSR count). The molecule has 0 radical (unpaired) electrons. The number of para-hydroxylation sites is 1. The van der Waals surface area contributed by atoms with Gasteiger partial charge in [-0.1, -0.05) is 43.4 Å². The van der Waals surface area contributed by atoms with Crippen LogP contribution in [0.5, 0.6) is 0 Å². The van der Waals surface area contributed by atoms with E-state index in [1.165, 1.54) is 17.7 Å². The quantitative estimate of drug-likeness (QED) is 0.766. The molecule has 0 spiro atoms. The number of hydrogen-bond acceptors (Lipinski definition) is 1. The van der Waals surface area contributed by atoms with Gasteiger partial charge >= 0.3 is 0 Å². The summed E-state index contributed by atoms with van der Waals surface area (Å²) in [6.45, 7) is 9.31. The molecule has 0 bridgehead atoms. The van der Waals surface area contributed by atoms with Crippen LogP contribution in [-0.4, -0.2) is 6.54 Å². The minimum absolute atomic E-state index is 0.0879. The topological polar surface area (TPSA) is 12.0 Å². The largest absolute Gasteiger partial charge is 0.374 e. The SMILES string of the molecule is CCCc1ccccc1NCC#CC(C)(C)C. The summed E-state index contributed by atoms with van der Waals surface area (Å²) in [5.41, 5.74) is 2.69. The van der Waals surface area contributed by atoms with Gasteiger partial charge in [-0.25, -0.2) is 0 Å². The summed E-state index contributed by atoms with van der Waals surface area (Å²) < 4.78 is 0. The number of nitrogens with one attached hydrogen (secondary N) is 1. The summed E-state index contributed by atoms with van der Waals surface area (Å²) >= 11 is 0. The van der Waals surface area contributed by atoms with Crippen LogP contribution in [0.2, 0.25) is 0 Å². The van der Waals surface area contributed by atoms with E-state index in [1.54, 1.807) is 0 Å². The van der Waals surface area contributed by atoms with Gasteiger partial charge in [0.1, 0.15) is 0 Å². The third-order valence-electron chi connectivity index (χ3n) is 2.37. The third-order valence-corrected chi connectivity index (χ3v) is 2.37. The van der Waals surface area contributed by atoms with Gasteiger partial charge < -0.3 is 5.32 Å². The molecule has 0 saturated carbocycles. The Labute approximate surface area is 106 Å². The second kappa shape index (κ2) is 6.35. The van der Waals surface area contributed by atoms with Gasteiger partial charge in [-0.3, -0.25) is 0 Å². The molecule has 0 amide bonds. The van der Waals surface area contributed by atoms with Crippen molar-refractivity contribution in [3.05, 3.63) is 29.8 Å². The maximum absolute atomic E-state index is 3.40. The first kappa shape index (κ1) is 13.6. The first-order chi connectivity index (χ1) is 8.03. The minimum atomic E-state index is 0.0879. The zero-order valence-corrected chi connectivity index (χ0v) is 11.4. The second-order valence-electron chi connectivity index (χ2n) is 5.31. The highest BCUT2D eigenvalue weighted by atomic mass is 14.9. The number of benzene rings is 1. The highest BCUT2D eigenvalue weighted by Crippen LogP contribution is 2.16. The van der Waals surface area contributed by atoms with Crippen molar-refractivity contribution < 1.29 is 0 Å². The Morgan fingerprint density at radius 1 is 1.18 bits per heavy atom. The van der Waals surface area contributed by atoms with Crippen LogP contribution in [0.4, 0.5) is 5.69 Å². The van der Waals surface area contributed by atoms with E-state index in [4.69, 9.17) is 0 Å². The first-order valence-corrected chi connectivity index (χ1v) is 6.35. The smallest absolute Gasteiger partial charge is 0.0766 e. The van der Waals surface area contributed by atoms with E-state index in [9.17, 15) is 0 Å². The number of hydrogen-bond donors (Lipinski definition) is 1. The van der Waals surface area contributed by atoms with Gasteiger partial charge in [0.2, 0.25) is 0 Å². The van der Waals surface area contributed by atoms with Crippen molar-refractivity contribution >= 4 is 5.69 Å². The predicted octanol–water partition coefficient (Wildman–Crippen LogP) is 4.10. The molecule has 0 saturated heterocycles. The maximum Gasteiger partial charge on any atom is 0.0766 e. The van der Waals surface area contributed by atoms with Crippen LogP contribution in [0.1, 0.15) is 39.7 Å². The maximum atomic E-state index is 3.40. The molecule has 1 nitrogen and oxygen atoms in total. The summed E-state index contributed by atoms with van der Waals surface area (Å²) in [4.78, 5) is 0. The van der Waals surface area contributed by atoms with E-state index in [1.807, 2.05) is 0 Å². The second-order valence-corrected chi connectivity index (χ2v) is 5.31. The lowest BCUT2D eigenvalue weighted by Crippen LogP contribution is -2.04. The molecule has 0 aliphatic heterocycles. The monoisotopic (exact) mass is 229 g/mol. The number of aryl methyl sites for hydroxylation is 1. The lowest BCUT2D eigenvalue weighted by Gasteiger charge is -2.10. The van der Waals surface area contributed by atoms with Crippen molar-refractivity contribution in [3.63, 3.8) is 0 Å². The average molecular weight is 229 g/mol. The lowest BCUT2D eigenvalue weighted by molar-refractivity contribution is 0.570. The molecule has 0 aliphatic carbocycles. The molecule has 1 heteroatoms. The Morgan fingerprint density at radius 2 is 1.88 bits per heavy atom. The molecule has 0 heterocycles. The van der Waals surface area contributed by atoms with Gasteiger partial charge in [0.25, 0.3) is 0 Å². The van der Waals surface area contributed by atoms with Gasteiger partial charge in [0, 0.05) is 11.1 Å². The summed E-state index contributed by atoms with van der Waals surface area (Å²) in [5, 5.41) is 3.40.